The quantitative estimate of drug-likeness (QED) is 0.0846. The average Bonchev–Trinajstić information content (AvgIpc) is 3.66. The van der Waals surface area contributed by atoms with Gasteiger partial charge in [-0.2, -0.15) is 15.1 Å². The van der Waals surface area contributed by atoms with E-state index >= 15 is 0 Å². The van der Waals surface area contributed by atoms with Crippen LogP contribution < -0.4 is 19.7 Å². The lowest BCUT2D eigenvalue weighted by Crippen LogP contribution is -2.37. The Morgan fingerprint density at radius 3 is 2.55 bits per heavy atom. The molecule has 5 aromatic rings. The van der Waals surface area contributed by atoms with Crippen molar-refractivity contribution in [3.05, 3.63) is 83.9 Å². The average molecular weight is 749 g/mol. The molecule has 13 nitrogen and oxygen atoms in total. The first-order chi connectivity index (χ1) is 25.2. The first-order valence-electron chi connectivity index (χ1n) is 17.5. The van der Waals surface area contributed by atoms with E-state index < -0.39 is 32.1 Å². The smallest absolute Gasteiger partial charge is 0.459 e. The third-order valence-corrected chi connectivity index (χ3v) is 10.3. The second-order valence-corrected chi connectivity index (χ2v) is 16.2. The number of hydrogen-bond acceptors (Lipinski definition) is 11. The predicted molar refractivity (Wildman–Crippen MR) is 199 cm³/mol. The molecule has 0 saturated carbocycles. The lowest BCUT2D eigenvalue weighted by molar-refractivity contribution is -0.148. The zero-order valence-electron chi connectivity index (χ0n) is 31.0. The van der Waals surface area contributed by atoms with Crippen LogP contribution in [0.1, 0.15) is 58.7 Å². The summed E-state index contributed by atoms with van der Waals surface area (Å²) in [6, 6.07) is 18.1. The number of aromatic nitrogens is 4. The van der Waals surface area contributed by atoms with E-state index in [1.54, 1.807) is 31.2 Å². The molecule has 53 heavy (non-hydrogen) atoms. The van der Waals surface area contributed by atoms with E-state index in [0.29, 0.717) is 41.7 Å². The van der Waals surface area contributed by atoms with E-state index in [1.807, 2.05) is 69.5 Å². The molecule has 3 heterocycles. The van der Waals surface area contributed by atoms with Crippen LogP contribution in [0, 0.1) is 24.1 Å². The number of hydrogen-bond donors (Lipinski definition) is 2. The van der Waals surface area contributed by atoms with Gasteiger partial charge >= 0.3 is 13.7 Å². The number of methoxy groups -OCH3 is 1. The van der Waals surface area contributed by atoms with Crippen molar-refractivity contribution in [1.82, 2.24) is 24.6 Å². The Hall–Kier alpha value is -4.62. The summed E-state index contributed by atoms with van der Waals surface area (Å²) in [5, 5.41) is 7.62. The monoisotopic (exact) mass is 748 g/mol. The minimum atomic E-state index is -4.19. The van der Waals surface area contributed by atoms with Gasteiger partial charge in [0.1, 0.15) is 29.7 Å². The van der Waals surface area contributed by atoms with Crippen molar-refractivity contribution in [2.75, 3.05) is 25.6 Å². The molecule has 1 saturated heterocycles. The zero-order chi connectivity index (χ0) is 37.9. The van der Waals surface area contributed by atoms with E-state index in [0.717, 1.165) is 16.3 Å². The number of nitrogens with zero attached hydrogens (tertiary/aromatic N) is 4. The lowest BCUT2D eigenvalue weighted by atomic mass is 9.99. The number of carbonyl (C=O) groups is 1. The number of halogens is 1. The molecule has 6 rings (SSSR count). The van der Waals surface area contributed by atoms with Crippen LogP contribution in [0.5, 0.6) is 11.6 Å². The first-order valence-corrected chi connectivity index (χ1v) is 19.1. The minimum absolute atomic E-state index is 0.0334. The third kappa shape index (κ3) is 9.13. The van der Waals surface area contributed by atoms with Crippen molar-refractivity contribution in [2.24, 2.45) is 11.3 Å². The summed E-state index contributed by atoms with van der Waals surface area (Å²) >= 11 is 0. The van der Waals surface area contributed by atoms with Gasteiger partial charge in [0.15, 0.2) is 11.2 Å². The van der Waals surface area contributed by atoms with Crippen LogP contribution in [0.25, 0.3) is 21.9 Å². The Bertz CT molecular complexity index is 2120. The summed E-state index contributed by atoms with van der Waals surface area (Å²) in [7, 11) is -2.68. The number of ether oxygens (including phenoxy) is 3. The van der Waals surface area contributed by atoms with Gasteiger partial charge in [0.05, 0.1) is 26.4 Å². The molecular weight excluding hydrogens is 702 g/mol. The van der Waals surface area contributed by atoms with Crippen molar-refractivity contribution in [2.45, 2.75) is 72.9 Å². The summed E-state index contributed by atoms with van der Waals surface area (Å²) in [5.41, 5.74) is 1.57. The molecule has 0 radical (unpaired) electrons. The second kappa shape index (κ2) is 15.8. The maximum Gasteiger partial charge on any atom is 0.459 e. The molecule has 5 unspecified atom stereocenters. The van der Waals surface area contributed by atoms with Gasteiger partial charge in [-0.05, 0) is 54.8 Å². The Morgan fingerprint density at radius 1 is 1.08 bits per heavy atom. The normalized spacial score (nSPS) is 19.2. The number of esters is 1. The summed E-state index contributed by atoms with van der Waals surface area (Å²) in [5.74, 6) is 0.636. The van der Waals surface area contributed by atoms with Crippen molar-refractivity contribution in [3.8, 4) is 11.6 Å². The molecular formula is C38H46FN6O7P. The molecule has 0 aliphatic carbocycles. The minimum Gasteiger partial charge on any atom is -0.479 e. The molecule has 3 aromatic carbocycles. The van der Waals surface area contributed by atoms with E-state index in [1.165, 1.54) is 19.2 Å². The zero-order valence-corrected chi connectivity index (χ0v) is 31.9. The fourth-order valence-corrected chi connectivity index (χ4v) is 7.63. The van der Waals surface area contributed by atoms with Gasteiger partial charge < -0.3 is 24.1 Å². The predicted octanol–water partition coefficient (Wildman–Crippen LogP) is 7.74. The highest BCUT2D eigenvalue weighted by atomic mass is 31.2. The first kappa shape index (κ1) is 38.1. The molecule has 0 bridgehead atoms. The molecule has 0 amide bonds. The van der Waals surface area contributed by atoms with E-state index in [-0.39, 0.29) is 36.2 Å². The molecule has 2 aromatic heterocycles. The largest absolute Gasteiger partial charge is 0.479 e. The summed E-state index contributed by atoms with van der Waals surface area (Å²) < 4.78 is 59.7. The Labute approximate surface area is 308 Å². The standard InChI is InChI=1S/C38H46FN6O7P/c1-23-19-29(51-35(23)45-25(3)41-32-33(45)42-37(43-34(32)48-7)40-20-26-15-17-28(39)18-16-26)21-50-53(47,44-24(2)36(46)49-22-38(4,5)6)52-31-14-10-12-27-11-8-9-13-30(27)31/h8-18,23-24,29,35H,19-22H2,1-7H3,(H,44,47)(H,40,42,43). The molecule has 282 valence electrons. The van der Waals surface area contributed by atoms with Crippen LogP contribution in [0.2, 0.25) is 0 Å². The number of fused-ring (bicyclic) bond motifs is 2. The number of anilines is 1. The highest BCUT2D eigenvalue weighted by Gasteiger charge is 2.39. The summed E-state index contributed by atoms with van der Waals surface area (Å²) in [6.45, 7) is 11.8. The van der Waals surface area contributed by atoms with Gasteiger partial charge in [-0.1, -0.05) is 76.2 Å². The van der Waals surface area contributed by atoms with Gasteiger partial charge in [0, 0.05) is 17.8 Å². The fourth-order valence-electron chi connectivity index (χ4n) is 6.09. The third-order valence-electron chi connectivity index (χ3n) is 8.70. The molecule has 2 N–H and O–H groups in total. The number of benzene rings is 3. The number of carbonyl (C=O) groups excluding carboxylic acids is 1. The van der Waals surface area contributed by atoms with Gasteiger partial charge in [-0.15, -0.1) is 0 Å². The van der Waals surface area contributed by atoms with E-state index in [9.17, 15) is 13.8 Å². The van der Waals surface area contributed by atoms with Crippen LogP contribution in [0.15, 0.2) is 66.7 Å². The van der Waals surface area contributed by atoms with E-state index in [2.05, 4.69) is 15.4 Å². The van der Waals surface area contributed by atoms with Crippen molar-refractivity contribution in [3.63, 3.8) is 0 Å². The van der Waals surface area contributed by atoms with Crippen LogP contribution >= 0.6 is 7.75 Å². The molecule has 0 spiro atoms. The number of rotatable bonds is 14. The Kier molecular flexibility index (Phi) is 11.3. The van der Waals surface area contributed by atoms with Crippen molar-refractivity contribution in [1.29, 1.82) is 0 Å². The van der Waals surface area contributed by atoms with Crippen molar-refractivity contribution < 1.29 is 37.0 Å². The number of aryl methyl sites for hydroxylation is 1. The maximum atomic E-state index is 14.5. The maximum absolute atomic E-state index is 14.5. The second-order valence-electron chi connectivity index (χ2n) is 14.5. The lowest BCUT2D eigenvalue weighted by Gasteiger charge is -2.25. The van der Waals surface area contributed by atoms with Crippen LogP contribution in [-0.4, -0.2) is 58.0 Å². The topological polar surface area (TPSA) is 148 Å². The summed E-state index contributed by atoms with van der Waals surface area (Å²) in [4.78, 5) is 26.9. The molecule has 1 fully saturated rings. The van der Waals surface area contributed by atoms with Crippen LogP contribution in [0.3, 0.4) is 0 Å². The summed E-state index contributed by atoms with van der Waals surface area (Å²) in [6.07, 6.45) is -0.448. The molecule has 5 atom stereocenters. The highest BCUT2D eigenvalue weighted by molar-refractivity contribution is 7.52. The van der Waals surface area contributed by atoms with Gasteiger partial charge in [-0.3, -0.25) is 13.9 Å². The van der Waals surface area contributed by atoms with E-state index in [4.69, 9.17) is 33.2 Å². The number of nitrogens with one attached hydrogen (secondary N) is 2. The van der Waals surface area contributed by atoms with Gasteiger partial charge in [0.2, 0.25) is 11.8 Å². The number of imidazole rings is 1. The van der Waals surface area contributed by atoms with Gasteiger partial charge in [-0.25, -0.2) is 13.9 Å². The fraction of sp³-hybridized carbons (Fsp3) is 0.421. The van der Waals surface area contributed by atoms with Crippen LogP contribution in [0.4, 0.5) is 10.3 Å². The van der Waals surface area contributed by atoms with Crippen molar-refractivity contribution >= 4 is 41.6 Å². The van der Waals surface area contributed by atoms with Crippen LogP contribution in [-0.2, 0) is 29.9 Å². The van der Waals surface area contributed by atoms with Gasteiger partial charge in [0.25, 0.3) is 0 Å². The highest BCUT2D eigenvalue weighted by Crippen LogP contribution is 2.48. The Morgan fingerprint density at radius 2 is 1.81 bits per heavy atom. The SMILES string of the molecule is COc1nc(NCc2ccc(F)cc2)nc2c1nc(C)n2C1OC(COP(=O)(NC(C)C(=O)OCC(C)(C)C)Oc2cccc3ccccc23)CC1C. The molecule has 1 aliphatic rings. The Balaban J connectivity index is 1.21. The molecule has 1 aliphatic heterocycles. The molecule has 15 heteroatoms.